The van der Waals surface area contributed by atoms with Gasteiger partial charge in [-0.1, -0.05) is 71.5 Å². The standard InChI is InChI=1S/C31H26N2O6S/c1-4-38-30(37)28-19(3)32-31(40-28)33-25(21-9-8-12-23(17-21)39-22-10-6-5-7-11-22)24(27(35)29(33)36)26(34)20-15-13-18(2)14-16-20/h5-17,25,34H,4H2,1-3H3/t25-/m1/s1. The minimum absolute atomic E-state index is 0.0868. The fraction of sp³-hybridized carbons (Fsp3) is 0.161. The number of ketones is 1. The molecule has 40 heavy (non-hydrogen) atoms. The summed E-state index contributed by atoms with van der Waals surface area (Å²) >= 11 is 0.959. The lowest BCUT2D eigenvalue weighted by atomic mass is 9.95. The monoisotopic (exact) mass is 554 g/mol. The number of aliphatic hydroxyl groups excluding tert-OH is 1. The Morgan fingerprint density at radius 2 is 1.68 bits per heavy atom. The van der Waals surface area contributed by atoms with E-state index in [4.69, 9.17) is 9.47 Å². The normalized spacial score (nSPS) is 16.3. The van der Waals surface area contributed by atoms with Gasteiger partial charge in [-0.15, -0.1) is 0 Å². The third-order valence-electron chi connectivity index (χ3n) is 6.37. The van der Waals surface area contributed by atoms with Crippen LogP contribution in [-0.4, -0.2) is 34.4 Å². The maximum absolute atomic E-state index is 13.5. The van der Waals surface area contributed by atoms with Crippen molar-refractivity contribution in [2.24, 2.45) is 0 Å². The van der Waals surface area contributed by atoms with Crippen LogP contribution in [0.1, 0.15) is 45.0 Å². The minimum Gasteiger partial charge on any atom is -0.507 e. The molecule has 1 aliphatic rings. The number of Topliss-reactive ketones (excluding diaryl/α,β-unsaturated/α-hetero) is 1. The van der Waals surface area contributed by atoms with Gasteiger partial charge in [0.15, 0.2) is 5.13 Å². The molecule has 202 valence electrons. The number of aryl methyl sites for hydroxylation is 2. The van der Waals surface area contributed by atoms with E-state index in [0.29, 0.717) is 28.3 Å². The Hall–Kier alpha value is -4.76. The second kappa shape index (κ2) is 11.2. The summed E-state index contributed by atoms with van der Waals surface area (Å²) in [6, 6.07) is 22.1. The molecule has 0 saturated carbocycles. The van der Waals surface area contributed by atoms with Crippen molar-refractivity contribution in [1.29, 1.82) is 0 Å². The maximum Gasteiger partial charge on any atom is 0.350 e. The number of amides is 1. The number of ether oxygens (including phenoxy) is 2. The van der Waals surface area contributed by atoms with Gasteiger partial charge in [0.05, 0.1) is 23.9 Å². The first kappa shape index (κ1) is 26.8. The number of benzene rings is 3. The molecule has 1 aromatic heterocycles. The van der Waals surface area contributed by atoms with Crippen molar-refractivity contribution < 1.29 is 29.0 Å². The van der Waals surface area contributed by atoms with E-state index in [-0.39, 0.29) is 27.9 Å². The topological polar surface area (TPSA) is 106 Å². The lowest BCUT2D eigenvalue weighted by molar-refractivity contribution is -0.132. The fourth-order valence-electron chi connectivity index (χ4n) is 4.46. The number of aliphatic hydroxyl groups is 1. The van der Waals surface area contributed by atoms with Crippen LogP contribution < -0.4 is 9.64 Å². The zero-order chi connectivity index (χ0) is 28.4. The van der Waals surface area contributed by atoms with E-state index in [1.165, 1.54) is 4.90 Å². The van der Waals surface area contributed by atoms with Crippen LogP contribution in [0, 0.1) is 13.8 Å². The molecule has 1 aliphatic heterocycles. The summed E-state index contributed by atoms with van der Waals surface area (Å²) in [6.45, 7) is 5.43. The van der Waals surface area contributed by atoms with Crippen molar-refractivity contribution in [3.8, 4) is 11.5 Å². The third-order valence-corrected chi connectivity index (χ3v) is 7.51. The van der Waals surface area contributed by atoms with Gasteiger partial charge < -0.3 is 14.6 Å². The van der Waals surface area contributed by atoms with Gasteiger partial charge in [-0.05, 0) is 50.6 Å². The SMILES string of the molecule is CCOC(=O)c1sc(N2C(=O)C(=O)C(=C(O)c3ccc(C)cc3)[C@H]2c2cccc(Oc3ccccc3)c2)nc1C. The number of hydrogen-bond acceptors (Lipinski definition) is 8. The van der Waals surface area contributed by atoms with Gasteiger partial charge in [0.25, 0.3) is 5.78 Å². The first-order chi connectivity index (χ1) is 19.3. The summed E-state index contributed by atoms with van der Waals surface area (Å²) in [6.07, 6.45) is 0. The second-order valence-corrected chi connectivity index (χ2v) is 10.1. The van der Waals surface area contributed by atoms with Crippen molar-refractivity contribution >= 4 is 39.9 Å². The molecule has 4 aromatic rings. The Bertz CT molecular complexity index is 1630. The van der Waals surface area contributed by atoms with Crippen LogP contribution in [0.15, 0.2) is 84.4 Å². The Balaban J connectivity index is 1.66. The molecule has 0 unspecified atom stereocenters. The first-order valence-corrected chi connectivity index (χ1v) is 13.5. The van der Waals surface area contributed by atoms with Gasteiger partial charge in [-0.25, -0.2) is 9.78 Å². The summed E-state index contributed by atoms with van der Waals surface area (Å²) < 4.78 is 11.1. The Morgan fingerprint density at radius 1 is 0.975 bits per heavy atom. The number of rotatable bonds is 7. The van der Waals surface area contributed by atoms with Crippen molar-refractivity contribution in [1.82, 2.24) is 4.98 Å². The van der Waals surface area contributed by atoms with E-state index >= 15 is 0 Å². The summed E-state index contributed by atoms with van der Waals surface area (Å²) in [5.74, 6) is -1.50. The van der Waals surface area contributed by atoms with E-state index in [9.17, 15) is 19.5 Å². The van der Waals surface area contributed by atoms with Crippen molar-refractivity contribution in [3.05, 3.63) is 112 Å². The summed E-state index contributed by atoms with van der Waals surface area (Å²) in [7, 11) is 0. The van der Waals surface area contributed by atoms with Crippen molar-refractivity contribution in [2.45, 2.75) is 26.8 Å². The highest BCUT2D eigenvalue weighted by molar-refractivity contribution is 7.17. The van der Waals surface area contributed by atoms with E-state index in [1.807, 2.05) is 49.4 Å². The lowest BCUT2D eigenvalue weighted by Gasteiger charge is -2.23. The summed E-state index contributed by atoms with van der Waals surface area (Å²) in [4.78, 5) is 45.5. The highest BCUT2D eigenvalue weighted by Gasteiger charge is 2.48. The summed E-state index contributed by atoms with van der Waals surface area (Å²) in [5, 5.41) is 11.5. The lowest BCUT2D eigenvalue weighted by Crippen LogP contribution is -2.29. The molecule has 1 amide bonds. The van der Waals surface area contributed by atoms with E-state index in [0.717, 1.165) is 16.9 Å². The van der Waals surface area contributed by atoms with Gasteiger partial charge in [-0.3, -0.25) is 14.5 Å². The van der Waals surface area contributed by atoms with Crippen LogP contribution in [-0.2, 0) is 14.3 Å². The first-order valence-electron chi connectivity index (χ1n) is 12.6. The van der Waals surface area contributed by atoms with Gasteiger partial charge in [0, 0.05) is 5.56 Å². The molecule has 3 aromatic carbocycles. The van der Waals surface area contributed by atoms with Crippen LogP contribution in [0.4, 0.5) is 5.13 Å². The number of anilines is 1. The maximum atomic E-state index is 13.5. The average Bonchev–Trinajstić information content (AvgIpc) is 3.46. The molecule has 9 heteroatoms. The quantitative estimate of drug-likeness (QED) is 0.123. The molecular weight excluding hydrogens is 528 g/mol. The molecule has 1 saturated heterocycles. The Morgan fingerprint density at radius 3 is 2.38 bits per heavy atom. The molecule has 1 N–H and O–H groups in total. The zero-order valence-corrected chi connectivity index (χ0v) is 22.9. The number of aromatic nitrogens is 1. The molecular formula is C31H26N2O6S. The fourth-order valence-corrected chi connectivity index (χ4v) is 5.44. The van der Waals surface area contributed by atoms with Gasteiger partial charge in [-0.2, -0.15) is 0 Å². The molecule has 8 nitrogen and oxygen atoms in total. The largest absolute Gasteiger partial charge is 0.507 e. The zero-order valence-electron chi connectivity index (χ0n) is 22.1. The smallest absolute Gasteiger partial charge is 0.350 e. The number of thiazole rings is 1. The van der Waals surface area contributed by atoms with Gasteiger partial charge in [0.1, 0.15) is 22.1 Å². The van der Waals surface area contributed by atoms with E-state index in [2.05, 4.69) is 4.98 Å². The van der Waals surface area contributed by atoms with Gasteiger partial charge >= 0.3 is 11.9 Å². The molecule has 1 fully saturated rings. The number of carbonyl (C=O) groups is 3. The molecule has 5 rings (SSSR count). The molecule has 0 bridgehead atoms. The average molecular weight is 555 g/mol. The molecule has 0 radical (unpaired) electrons. The highest BCUT2D eigenvalue weighted by atomic mass is 32.1. The van der Waals surface area contributed by atoms with Crippen LogP contribution >= 0.6 is 11.3 Å². The van der Waals surface area contributed by atoms with E-state index < -0.39 is 23.7 Å². The highest BCUT2D eigenvalue weighted by Crippen LogP contribution is 2.44. The number of carbonyl (C=O) groups excluding carboxylic acids is 3. The number of para-hydroxylation sites is 1. The van der Waals surface area contributed by atoms with Crippen LogP contribution in [0.25, 0.3) is 5.76 Å². The third kappa shape index (κ3) is 5.11. The van der Waals surface area contributed by atoms with Crippen LogP contribution in [0.2, 0.25) is 0 Å². The Kier molecular flexibility index (Phi) is 7.48. The van der Waals surface area contributed by atoms with E-state index in [1.54, 1.807) is 50.2 Å². The molecule has 2 heterocycles. The number of nitrogens with zero attached hydrogens (tertiary/aromatic N) is 2. The van der Waals surface area contributed by atoms with Gasteiger partial charge in [0.2, 0.25) is 0 Å². The predicted molar refractivity (Wildman–Crippen MR) is 152 cm³/mol. The molecule has 1 atom stereocenters. The van der Waals surface area contributed by atoms with Crippen molar-refractivity contribution in [2.75, 3.05) is 11.5 Å². The molecule has 0 aliphatic carbocycles. The van der Waals surface area contributed by atoms with Crippen LogP contribution in [0.5, 0.6) is 11.5 Å². The predicted octanol–water partition coefficient (Wildman–Crippen LogP) is 6.36. The number of esters is 1. The molecule has 0 spiro atoms. The van der Waals surface area contributed by atoms with Crippen molar-refractivity contribution in [3.63, 3.8) is 0 Å². The number of hydrogen-bond donors (Lipinski definition) is 1. The Labute approximate surface area is 235 Å². The van der Waals surface area contributed by atoms with Crippen LogP contribution in [0.3, 0.4) is 0 Å². The summed E-state index contributed by atoms with van der Waals surface area (Å²) in [5.41, 5.74) is 2.18. The minimum atomic E-state index is -1.03. The second-order valence-electron chi connectivity index (χ2n) is 9.15.